The van der Waals surface area contributed by atoms with E-state index in [1.54, 1.807) is 6.33 Å². The highest BCUT2D eigenvalue weighted by molar-refractivity contribution is 5.49. The van der Waals surface area contributed by atoms with Gasteiger partial charge in [-0.1, -0.05) is 6.07 Å². The largest absolute Gasteiger partial charge is 0.364 e. The topological polar surface area (TPSA) is 58.4 Å². The number of pyridine rings is 1. The predicted octanol–water partition coefficient (Wildman–Crippen LogP) is 3.04. The maximum atomic E-state index is 4.65. The summed E-state index contributed by atoms with van der Waals surface area (Å²) in [6, 6.07) is 8.17. The number of hydrogen-bond donors (Lipinski definition) is 1. The van der Waals surface area contributed by atoms with Gasteiger partial charge in [0.15, 0.2) is 0 Å². The average molecular weight is 322 g/mol. The molecule has 0 unspecified atom stereocenters. The summed E-state index contributed by atoms with van der Waals surface area (Å²) >= 11 is 0. The maximum absolute atomic E-state index is 4.65. The Bertz CT molecular complexity index is 834. The van der Waals surface area contributed by atoms with Crippen LogP contribution >= 0.6 is 0 Å². The first kappa shape index (κ1) is 14.9. The summed E-state index contributed by atoms with van der Waals surface area (Å²) in [5.74, 6) is 1.86. The number of piperidine rings is 1. The van der Waals surface area contributed by atoms with Crippen LogP contribution in [0, 0.1) is 6.92 Å². The van der Waals surface area contributed by atoms with Crippen LogP contribution in [-0.4, -0.2) is 32.4 Å². The fourth-order valence-corrected chi connectivity index (χ4v) is 3.20. The third-order valence-electron chi connectivity index (χ3n) is 4.53. The molecule has 4 heterocycles. The Balaban J connectivity index is 1.47. The molecule has 1 saturated heterocycles. The van der Waals surface area contributed by atoms with E-state index in [1.165, 1.54) is 25.0 Å². The lowest BCUT2D eigenvalue weighted by Crippen LogP contribution is -2.30. The quantitative estimate of drug-likeness (QED) is 0.800. The number of imidazole rings is 1. The van der Waals surface area contributed by atoms with Crippen molar-refractivity contribution in [3.05, 3.63) is 48.2 Å². The van der Waals surface area contributed by atoms with Gasteiger partial charge in [0, 0.05) is 31.0 Å². The monoisotopic (exact) mass is 322 g/mol. The lowest BCUT2D eigenvalue weighted by atomic mass is 10.1. The normalized spacial score (nSPS) is 15.0. The fourth-order valence-electron chi connectivity index (χ4n) is 3.20. The van der Waals surface area contributed by atoms with Gasteiger partial charge in [-0.2, -0.15) is 0 Å². The molecule has 124 valence electrons. The van der Waals surface area contributed by atoms with Gasteiger partial charge in [-0.15, -0.1) is 0 Å². The molecular weight excluding hydrogens is 300 g/mol. The van der Waals surface area contributed by atoms with Crippen LogP contribution in [0.4, 0.5) is 11.6 Å². The van der Waals surface area contributed by atoms with Gasteiger partial charge in [-0.25, -0.2) is 15.0 Å². The van der Waals surface area contributed by atoms with E-state index in [9.17, 15) is 0 Å². The van der Waals surface area contributed by atoms with Crippen LogP contribution in [0.2, 0.25) is 0 Å². The lowest BCUT2D eigenvalue weighted by molar-refractivity contribution is 0.573. The van der Waals surface area contributed by atoms with Crippen molar-refractivity contribution >= 4 is 17.3 Å². The van der Waals surface area contributed by atoms with Gasteiger partial charge >= 0.3 is 0 Å². The van der Waals surface area contributed by atoms with Gasteiger partial charge in [0.2, 0.25) is 0 Å². The van der Waals surface area contributed by atoms with E-state index in [0.29, 0.717) is 6.54 Å². The first-order valence-electron chi connectivity index (χ1n) is 8.54. The van der Waals surface area contributed by atoms with Crippen molar-refractivity contribution in [1.82, 2.24) is 19.4 Å². The Morgan fingerprint density at radius 1 is 1.12 bits per heavy atom. The highest BCUT2D eigenvalue weighted by Gasteiger charge is 2.12. The van der Waals surface area contributed by atoms with Crippen molar-refractivity contribution < 1.29 is 0 Å². The standard InChI is InChI=1S/C18H22N6/c1-14-6-5-7-17-22-15(12-24(14)17)11-19-16-10-18(21-13-20-16)23-8-3-2-4-9-23/h5-7,10,12-13H,2-4,8-9,11H2,1H3,(H,19,20,21). The van der Waals surface area contributed by atoms with E-state index in [2.05, 4.69) is 48.8 Å². The van der Waals surface area contributed by atoms with Crippen LogP contribution in [0.15, 0.2) is 36.8 Å². The zero-order chi connectivity index (χ0) is 16.4. The number of nitrogens with zero attached hydrogens (tertiary/aromatic N) is 5. The number of anilines is 2. The number of nitrogens with one attached hydrogen (secondary N) is 1. The van der Waals surface area contributed by atoms with Gasteiger partial charge in [0.1, 0.15) is 23.6 Å². The van der Waals surface area contributed by atoms with Crippen molar-refractivity contribution in [2.45, 2.75) is 32.7 Å². The molecule has 0 radical (unpaired) electrons. The third kappa shape index (κ3) is 3.04. The van der Waals surface area contributed by atoms with Crippen LogP contribution < -0.4 is 10.2 Å². The maximum Gasteiger partial charge on any atom is 0.137 e. The van der Waals surface area contributed by atoms with E-state index in [0.717, 1.165) is 36.1 Å². The minimum Gasteiger partial charge on any atom is -0.364 e. The van der Waals surface area contributed by atoms with Crippen LogP contribution in [-0.2, 0) is 6.54 Å². The summed E-state index contributed by atoms with van der Waals surface area (Å²) in [6.07, 6.45) is 7.52. The zero-order valence-corrected chi connectivity index (χ0v) is 13.9. The van der Waals surface area contributed by atoms with Gasteiger partial charge in [0.05, 0.1) is 12.2 Å². The number of aryl methyl sites for hydroxylation is 1. The van der Waals surface area contributed by atoms with Crippen molar-refractivity contribution in [2.24, 2.45) is 0 Å². The Morgan fingerprint density at radius 3 is 2.83 bits per heavy atom. The predicted molar refractivity (Wildman–Crippen MR) is 95.4 cm³/mol. The molecule has 1 fully saturated rings. The van der Waals surface area contributed by atoms with Crippen molar-refractivity contribution in [2.75, 3.05) is 23.3 Å². The molecular formula is C18H22N6. The first-order valence-corrected chi connectivity index (χ1v) is 8.54. The highest BCUT2D eigenvalue weighted by atomic mass is 15.2. The van der Waals surface area contributed by atoms with E-state index in [1.807, 2.05) is 18.2 Å². The van der Waals surface area contributed by atoms with E-state index in [-0.39, 0.29) is 0 Å². The molecule has 0 bridgehead atoms. The molecule has 0 atom stereocenters. The Hall–Kier alpha value is -2.63. The molecule has 4 rings (SSSR count). The Morgan fingerprint density at radius 2 is 2.00 bits per heavy atom. The molecule has 0 spiro atoms. The second kappa shape index (κ2) is 6.47. The average Bonchev–Trinajstić information content (AvgIpc) is 3.06. The summed E-state index contributed by atoms with van der Waals surface area (Å²) in [5.41, 5.74) is 3.16. The van der Waals surface area contributed by atoms with Crippen LogP contribution in [0.25, 0.3) is 5.65 Å². The molecule has 0 amide bonds. The molecule has 3 aromatic heterocycles. The molecule has 3 aromatic rings. The fraction of sp³-hybridized carbons (Fsp3) is 0.389. The molecule has 1 aliphatic heterocycles. The number of hydrogen-bond acceptors (Lipinski definition) is 5. The molecule has 1 aliphatic rings. The van der Waals surface area contributed by atoms with E-state index < -0.39 is 0 Å². The molecule has 0 saturated carbocycles. The SMILES string of the molecule is Cc1cccc2nc(CNc3cc(N4CCCCC4)ncn3)cn12. The minimum atomic E-state index is 0.650. The number of rotatable bonds is 4. The summed E-state index contributed by atoms with van der Waals surface area (Å²) in [7, 11) is 0. The van der Waals surface area contributed by atoms with Gasteiger partial charge in [0.25, 0.3) is 0 Å². The van der Waals surface area contributed by atoms with E-state index in [4.69, 9.17) is 0 Å². The first-order chi connectivity index (χ1) is 11.8. The molecule has 0 aliphatic carbocycles. The van der Waals surface area contributed by atoms with Crippen molar-refractivity contribution in [1.29, 1.82) is 0 Å². The highest BCUT2D eigenvalue weighted by Crippen LogP contribution is 2.19. The Kier molecular flexibility index (Phi) is 4.02. The van der Waals surface area contributed by atoms with Gasteiger partial charge in [-0.3, -0.25) is 0 Å². The van der Waals surface area contributed by atoms with Crippen molar-refractivity contribution in [3.63, 3.8) is 0 Å². The summed E-state index contributed by atoms with van der Waals surface area (Å²) in [6.45, 7) is 4.91. The number of fused-ring (bicyclic) bond motifs is 1. The third-order valence-corrected chi connectivity index (χ3v) is 4.53. The lowest BCUT2D eigenvalue weighted by Gasteiger charge is -2.27. The Labute approximate surface area is 141 Å². The van der Waals surface area contributed by atoms with Gasteiger partial charge in [-0.05, 0) is 38.3 Å². The zero-order valence-electron chi connectivity index (χ0n) is 13.9. The van der Waals surface area contributed by atoms with Crippen LogP contribution in [0.5, 0.6) is 0 Å². The van der Waals surface area contributed by atoms with Gasteiger partial charge < -0.3 is 14.6 Å². The molecule has 6 nitrogen and oxygen atoms in total. The number of aromatic nitrogens is 4. The molecule has 24 heavy (non-hydrogen) atoms. The second-order valence-corrected chi connectivity index (χ2v) is 6.29. The van der Waals surface area contributed by atoms with Crippen LogP contribution in [0.1, 0.15) is 30.7 Å². The summed E-state index contributed by atoms with van der Waals surface area (Å²) in [5, 5.41) is 3.37. The molecule has 1 N–H and O–H groups in total. The summed E-state index contributed by atoms with van der Waals surface area (Å²) in [4.78, 5) is 15.7. The van der Waals surface area contributed by atoms with E-state index >= 15 is 0 Å². The second-order valence-electron chi connectivity index (χ2n) is 6.29. The summed E-state index contributed by atoms with van der Waals surface area (Å²) < 4.78 is 2.11. The minimum absolute atomic E-state index is 0.650. The molecule has 6 heteroatoms. The smallest absolute Gasteiger partial charge is 0.137 e. The van der Waals surface area contributed by atoms with Crippen LogP contribution in [0.3, 0.4) is 0 Å². The molecule has 0 aromatic carbocycles. The van der Waals surface area contributed by atoms with Crippen molar-refractivity contribution in [3.8, 4) is 0 Å².